The Kier molecular flexibility index (Phi) is 3.82. The van der Waals surface area contributed by atoms with Crippen LogP contribution in [0.25, 0.3) is 0 Å². The monoisotopic (exact) mass is 214 g/mol. The molecule has 86 valence electrons. The summed E-state index contributed by atoms with van der Waals surface area (Å²) in [6.45, 7) is 4.08. The van der Waals surface area contributed by atoms with Crippen molar-refractivity contribution in [3.8, 4) is 0 Å². The second-order valence-electron chi connectivity index (χ2n) is 3.97. The summed E-state index contributed by atoms with van der Waals surface area (Å²) in [6, 6.07) is -0.331. The third-order valence-corrected chi connectivity index (χ3v) is 3.00. The summed E-state index contributed by atoms with van der Waals surface area (Å²) in [4.78, 5) is 24.9. The van der Waals surface area contributed by atoms with Gasteiger partial charge in [0.1, 0.15) is 0 Å². The molecule has 0 aliphatic carbocycles. The Balaban J connectivity index is 2.84. The molecule has 1 fully saturated rings. The van der Waals surface area contributed by atoms with Crippen molar-refractivity contribution in [2.45, 2.75) is 19.9 Å². The first-order valence-electron chi connectivity index (χ1n) is 5.10. The zero-order valence-corrected chi connectivity index (χ0v) is 9.40. The fourth-order valence-corrected chi connectivity index (χ4v) is 1.78. The minimum Gasteiger partial charge on any atom is -0.382 e. The first-order chi connectivity index (χ1) is 7.04. The zero-order valence-electron chi connectivity index (χ0n) is 9.40. The van der Waals surface area contributed by atoms with Crippen molar-refractivity contribution in [1.82, 2.24) is 4.90 Å². The maximum atomic E-state index is 11.8. The lowest BCUT2D eigenvalue weighted by Crippen LogP contribution is -2.47. The lowest BCUT2D eigenvalue weighted by atomic mass is 10.00. The van der Waals surface area contributed by atoms with Crippen LogP contribution in [0.5, 0.6) is 0 Å². The molecule has 1 heterocycles. The fraction of sp³-hybridized carbons (Fsp3) is 0.800. The molecule has 0 aromatic rings. The third-order valence-electron chi connectivity index (χ3n) is 3.00. The lowest BCUT2D eigenvalue weighted by Gasteiger charge is -2.24. The number of carbonyl (C=O) groups excluding carboxylic acids is 2. The SMILES string of the molecule is COCC(CN)N1C(=O)C(C)C(C)C1=O. The van der Waals surface area contributed by atoms with Crippen LogP contribution in [0.1, 0.15) is 13.8 Å². The van der Waals surface area contributed by atoms with E-state index in [2.05, 4.69) is 0 Å². The van der Waals surface area contributed by atoms with Gasteiger partial charge < -0.3 is 10.5 Å². The summed E-state index contributed by atoms with van der Waals surface area (Å²) in [5.41, 5.74) is 5.53. The van der Waals surface area contributed by atoms with E-state index in [9.17, 15) is 9.59 Å². The number of nitrogens with zero attached hydrogens (tertiary/aromatic N) is 1. The summed E-state index contributed by atoms with van der Waals surface area (Å²) in [5.74, 6) is -0.771. The first kappa shape index (κ1) is 12.1. The maximum absolute atomic E-state index is 11.8. The molecule has 5 heteroatoms. The van der Waals surface area contributed by atoms with Gasteiger partial charge in [-0.2, -0.15) is 0 Å². The Bertz CT molecular complexity index is 247. The highest BCUT2D eigenvalue weighted by Gasteiger charge is 2.44. The van der Waals surface area contributed by atoms with E-state index in [1.807, 2.05) is 0 Å². The molecule has 1 rings (SSSR count). The summed E-state index contributed by atoms with van der Waals surface area (Å²) < 4.78 is 4.95. The molecule has 1 aliphatic rings. The number of hydrogen-bond acceptors (Lipinski definition) is 4. The normalized spacial score (nSPS) is 28.7. The van der Waals surface area contributed by atoms with Crippen molar-refractivity contribution < 1.29 is 14.3 Å². The van der Waals surface area contributed by atoms with Crippen LogP contribution in [0.3, 0.4) is 0 Å². The Morgan fingerprint density at radius 1 is 1.33 bits per heavy atom. The molecule has 3 atom stereocenters. The second kappa shape index (κ2) is 4.72. The second-order valence-corrected chi connectivity index (χ2v) is 3.97. The van der Waals surface area contributed by atoms with Gasteiger partial charge in [0.2, 0.25) is 11.8 Å². The minimum atomic E-state index is -0.331. The van der Waals surface area contributed by atoms with Crippen LogP contribution < -0.4 is 5.73 Å². The number of amides is 2. The number of carbonyl (C=O) groups is 2. The van der Waals surface area contributed by atoms with E-state index < -0.39 is 0 Å². The molecule has 1 saturated heterocycles. The van der Waals surface area contributed by atoms with Crippen molar-refractivity contribution in [2.75, 3.05) is 20.3 Å². The fourth-order valence-electron chi connectivity index (χ4n) is 1.78. The van der Waals surface area contributed by atoms with Crippen LogP contribution in [0, 0.1) is 11.8 Å². The molecule has 0 saturated carbocycles. The number of nitrogens with two attached hydrogens (primary N) is 1. The van der Waals surface area contributed by atoms with E-state index in [0.29, 0.717) is 6.61 Å². The molecule has 2 amide bonds. The average Bonchev–Trinajstić information content (AvgIpc) is 2.41. The highest BCUT2D eigenvalue weighted by Crippen LogP contribution is 2.26. The van der Waals surface area contributed by atoms with Gasteiger partial charge in [0.05, 0.1) is 12.6 Å². The van der Waals surface area contributed by atoms with Crippen LogP contribution in [-0.2, 0) is 14.3 Å². The van der Waals surface area contributed by atoms with Gasteiger partial charge in [-0.15, -0.1) is 0 Å². The van der Waals surface area contributed by atoms with Crippen molar-refractivity contribution in [3.63, 3.8) is 0 Å². The highest BCUT2D eigenvalue weighted by atomic mass is 16.5. The van der Waals surface area contributed by atoms with E-state index in [1.165, 1.54) is 12.0 Å². The summed E-state index contributed by atoms with van der Waals surface area (Å²) >= 11 is 0. The number of imide groups is 1. The molecule has 15 heavy (non-hydrogen) atoms. The van der Waals surface area contributed by atoms with Crippen LogP contribution in [0.15, 0.2) is 0 Å². The van der Waals surface area contributed by atoms with Crippen LogP contribution in [0.2, 0.25) is 0 Å². The molecule has 0 radical (unpaired) electrons. The van der Waals surface area contributed by atoms with Gasteiger partial charge >= 0.3 is 0 Å². The smallest absolute Gasteiger partial charge is 0.233 e. The summed E-state index contributed by atoms with van der Waals surface area (Å²) in [5, 5.41) is 0. The summed E-state index contributed by atoms with van der Waals surface area (Å²) in [6.07, 6.45) is 0. The number of likely N-dealkylation sites (tertiary alicyclic amines) is 1. The summed E-state index contributed by atoms with van der Waals surface area (Å²) in [7, 11) is 1.53. The van der Waals surface area contributed by atoms with Gasteiger partial charge in [-0.25, -0.2) is 0 Å². The third kappa shape index (κ3) is 2.03. The van der Waals surface area contributed by atoms with E-state index in [4.69, 9.17) is 10.5 Å². The quantitative estimate of drug-likeness (QED) is 0.646. The standard InChI is InChI=1S/C10H18N2O3/c1-6-7(2)10(14)12(9(6)13)8(4-11)5-15-3/h6-8H,4-5,11H2,1-3H3. The van der Waals surface area contributed by atoms with Crippen molar-refractivity contribution in [1.29, 1.82) is 0 Å². The highest BCUT2D eigenvalue weighted by molar-refractivity contribution is 6.05. The number of hydrogen-bond donors (Lipinski definition) is 1. The largest absolute Gasteiger partial charge is 0.382 e. The molecule has 5 nitrogen and oxygen atoms in total. The van der Waals surface area contributed by atoms with Crippen molar-refractivity contribution >= 4 is 11.8 Å². The lowest BCUT2D eigenvalue weighted by molar-refractivity contribution is -0.143. The Morgan fingerprint density at radius 2 is 1.80 bits per heavy atom. The maximum Gasteiger partial charge on any atom is 0.233 e. The predicted molar refractivity (Wildman–Crippen MR) is 54.9 cm³/mol. The first-order valence-corrected chi connectivity index (χ1v) is 5.10. The molecular weight excluding hydrogens is 196 g/mol. The van der Waals surface area contributed by atoms with Crippen molar-refractivity contribution in [2.24, 2.45) is 17.6 Å². The molecule has 0 aromatic carbocycles. The Labute approximate surface area is 89.6 Å². The zero-order chi connectivity index (χ0) is 11.6. The van der Waals surface area contributed by atoms with Gasteiger partial charge in [0, 0.05) is 25.5 Å². The number of methoxy groups -OCH3 is 1. The predicted octanol–water partition coefficient (Wildman–Crippen LogP) is -0.399. The molecular formula is C10H18N2O3. The van der Waals surface area contributed by atoms with Crippen LogP contribution in [0.4, 0.5) is 0 Å². The molecule has 0 aromatic heterocycles. The van der Waals surface area contributed by atoms with Gasteiger partial charge in [-0.05, 0) is 0 Å². The molecule has 0 bridgehead atoms. The number of ether oxygens (including phenoxy) is 1. The van der Waals surface area contributed by atoms with Gasteiger partial charge in [0.15, 0.2) is 0 Å². The van der Waals surface area contributed by atoms with Gasteiger partial charge in [0.25, 0.3) is 0 Å². The Hall–Kier alpha value is -0.940. The van der Waals surface area contributed by atoms with E-state index in [1.54, 1.807) is 13.8 Å². The van der Waals surface area contributed by atoms with Crippen LogP contribution in [-0.4, -0.2) is 43.0 Å². The molecule has 2 N–H and O–H groups in total. The van der Waals surface area contributed by atoms with E-state index in [0.717, 1.165) is 0 Å². The average molecular weight is 214 g/mol. The molecule has 3 unspecified atom stereocenters. The number of rotatable bonds is 4. The Morgan fingerprint density at radius 3 is 2.13 bits per heavy atom. The van der Waals surface area contributed by atoms with E-state index >= 15 is 0 Å². The topological polar surface area (TPSA) is 72.6 Å². The minimum absolute atomic E-state index is 0.139. The van der Waals surface area contributed by atoms with Gasteiger partial charge in [-0.1, -0.05) is 13.8 Å². The van der Waals surface area contributed by atoms with Crippen molar-refractivity contribution in [3.05, 3.63) is 0 Å². The van der Waals surface area contributed by atoms with Crippen LogP contribution >= 0.6 is 0 Å². The van der Waals surface area contributed by atoms with Gasteiger partial charge in [-0.3, -0.25) is 14.5 Å². The van der Waals surface area contributed by atoms with E-state index in [-0.39, 0.29) is 36.2 Å². The molecule has 1 aliphatic heterocycles. The molecule has 0 spiro atoms.